The minimum Gasteiger partial charge on any atom is -0.456 e. The monoisotopic (exact) mass is 302 g/mol. The molecule has 1 aromatic carbocycles. The number of pyridine rings is 1. The quantitative estimate of drug-likeness (QED) is 0.838. The van der Waals surface area contributed by atoms with Crippen LogP contribution in [0.3, 0.4) is 0 Å². The van der Waals surface area contributed by atoms with Gasteiger partial charge in [0, 0.05) is 4.47 Å². The number of hydrogen-bond donors (Lipinski definition) is 0. The first kappa shape index (κ1) is 12.6. The summed E-state index contributed by atoms with van der Waals surface area (Å²) in [5.74, 6) is 1.38. The Labute approximate surface area is 114 Å². The summed E-state index contributed by atoms with van der Waals surface area (Å²) < 4.78 is 6.79. The van der Waals surface area contributed by atoms with Gasteiger partial charge in [0.1, 0.15) is 23.3 Å². The van der Waals surface area contributed by atoms with Crippen LogP contribution in [0.5, 0.6) is 11.5 Å². The first-order valence-corrected chi connectivity index (χ1v) is 6.20. The van der Waals surface area contributed by atoms with E-state index in [1.165, 1.54) is 0 Å². The van der Waals surface area contributed by atoms with E-state index in [-0.39, 0.29) is 0 Å². The van der Waals surface area contributed by atoms with Gasteiger partial charge in [0.25, 0.3) is 0 Å². The molecule has 0 bridgehead atoms. The molecule has 0 saturated heterocycles. The van der Waals surface area contributed by atoms with Crippen LogP contribution in [-0.4, -0.2) is 4.98 Å². The molecule has 3 nitrogen and oxygen atoms in total. The lowest BCUT2D eigenvalue weighted by Crippen LogP contribution is -1.90. The lowest BCUT2D eigenvalue weighted by molar-refractivity contribution is 0.479. The Kier molecular flexibility index (Phi) is 3.63. The van der Waals surface area contributed by atoms with E-state index in [0.29, 0.717) is 11.4 Å². The third kappa shape index (κ3) is 2.69. The van der Waals surface area contributed by atoms with Crippen molar-refractivity contribution in [3.05, 3.63) is 51.8 Å². The molecule has 0 unspecified atom stereocenters. The summed E-state index contributed by atoms with van der Waals surface area (Å²) in [6.45, 7) is 4.03. The van der Waals surface area contributed by atoms with Gasteiger partial charge in [-0.25, -0.2) is 4.98 Å². The summed E-state index contributed by atoms with van der Waals surface area (Å²) in [6, 6.07) is 9.25. The van der Waals surface area contributed by atoms with Gasteiger partial charge in [-0.05, 0) is 49.2 Å². The second-order valence-corrected chi connectivity index (χ2v) is 4.76. The number of benzene rings is 1. The lowest BCUT2D eigenvalue weighted by atomic mass is 10.1. The normalized spacial score (nSPS) is 9.89. The number of ether oxygens (including phenoxy) is 1. The van der Waals surface area contributed by atoms with Gasteiger partial charge < -0.3 is 4.74 Å². The van der Waals surface area contributed by atoms with Crippen LogP contribution in [0, 0.1) is 25.2 Å². The van der Waals surface area contributed by atoms with Crippen molar-refractivity contribution in [1.82, 2.24) is 4.98 Å². The van der Waals surface area contributed by atoms with Crippen LogP contribution in [0.2, 0.25) is 0 Å². The highest BCUT2D eigenvalue weighted by Gasteiger charge is 2.04. The topological polar surface area (TPSA) is 45.9 Å². The van der Waals surface area contributed by atoms with Crippen molar-refractivity contribution in [2.45, 2.75) is 13.8 Å². The molecule has 2 rings (SSSR count). The summed E-state index contributed by atoms with van der Waals surface area (Å²) in [5, 5.41) is 8.66. The molecule has 1 heterocycles. The number of hydrogen-bond acceptors (Lipinski definition) is 3. The highest BCUT2D eigenvalue weighted by atomic mass is 79.9. The van der Waals surface area contributed by atoms with Gasteiger partial charge in [0.15, 0.2) is 0 Å². The Balaban J connectivity index is 2.26. The van der Waals surface area contributed by atoms with Gasteiger partial charge in [0.2, 0.25) is 0 Å². The predicted molar refractivity (Wildman–Crippen MR) is 72.6 cm³/mol. The van der Waals surface area contributed by atoms with Crippen molar-refractivity contribution in [3.8, 4) is 17.6 Å². The van der Waals surface area contributed by atoms with Gasteiger partial charge in [-0.15, -0.1) is 0 Å². The van der Waals surface area contributed by atoms with E-state index in [4.69, 9.17) is 10.00 Å². The molecule has 0 aliphatic rings. The van der Waals surface area contributed by atoms with E-state index in [1.54, 1.807) is 18.3 Å². The highest BCUT2D eigenvalue weighted by Crippen LogP contribution is 2.29. The zero-order chi connectivity index (χ0) is 13.1. The van der Waals surface area contributed by atoms with Gasteiger partial charge >= 0.3 is 0 Å². The number of aryl methyl sites for hydroxylation is 2. The molecule has 0 aliphatic carbocycles. The maximum atomic E-state index is 8.66. The molecule has 0 spiro atoms. The van der Waals surface area contributed by atoms with E-state index >= 15 is 0 Å². The number of aromatic nitrogens is 1. The first-order valence-electron chi connectivity index (χ1n) is 5.41. The van der Waals surface area contributed by atoms with Crippen molar-refractivity contribution in [2.24, 2.45) is 0 Å². The third-order valence-electron chi connectivity index (χ3n) is 2.50. The molecular formula is C14H11BrN2O. The van der Waals surface area contributed by atoms with Crippen LogP contribution < -0.4 is 4.74 Å². The van der Waals surface area contributed by atoms with Crippen LogP contribution in [0.25, 0.3) is 0 Å². The summed E-state index contributed by atoms with van der Waals surface area (Å²) in [6.07, 6.45) is 1.55. The van der Waals surface area contributed by atoms with Crippen molar-refractivity contribution < 1.29 is 4.74 Å². The Morgan fingerprint density at radius 3 is 2.33 bits per heavy atom. The van der Waals surface area contributed by atoms with Crippen LogP contribution in [-0.2, 0) is 0 Å². The second kappa shape index (κ2) is 5.19. The minimum absolute atomic E-state index is 0.380. The maximum absolute atomic E-state index is 8.66. The molecule has 0 saturated carbocycles. The summed E-state index contributed by atoms with van der Waals surface area (Å²) in [5.41, 5.74) is 2.61. The summed E-state index contributed by atoms with van der Waals surface area (Å²) in [7, 11) is 0. The van der Waals surface area contributed by atoms with Crippen LogP contribution in [0.15, 0.2) is 34.9 Å². The van der Waals surface area contributed by atoms with Gasteiger partial charge in [-0.1, -0.05) is 15.9 Å². The fourth-order valence-electron chi connectivity index (χ4n) is 1.61. The number of nitrogens with zero attached hydrogens (tertiary/aromatic N) is 2. The maximum Gasteiger partial charge on any atom is 0.145 e. The molecule has 4 heteroatoms. The smallest absolute Gasteiger partial charge is 0.145 e. The lowest BCUT2D eigenvalue weighted by Gasteiger charge is -2.09. The Morgan fingerprint density at radius 1 is 1.17 bits per heavy atom. The molecule has 1 aromatic heterocycles. The molecule has 2 aromatic rings. The molecule has 0 amide bonds. The number of rotatable bonds is 2. The molecule has 0 atom stereocenters. The van der Waals surface area contributed by atoms with Gasteiger partial charge in [0.05, 0.1) is 6.20 Å². The average Bonchev–Trinajstić information content (AvgIpc) is 2.37. The fraction of sp³-hybridized carbons (Fsp3) is 0.143. The number of nitriles is 1. The second-order valence-electron chi connectivity index (χ2n) is 3.96. The summed E-state index contributed by atoms with van der Waals surface area (Å²) >= 11 is 3.51. The molecule has 18 heavy (non-hydrogen) atoms. The molecule has 0 radical (unpaired) electrons. The zero-order valence-electron chi connectivity index (χ0n) is 10.1. The van der Waals surface area contributed by atoms with Crippen LogP contribution >= 0.6 is 15.9 Å². The molecular weight excluding hydrogens is 292 g/mol. The average molecular weight is 303 g/mol. The number of halogens is 1. The fourth-order valence-corrected chi connectivity index (χ4v) is 1.84. The highest BCUT2D eigenvalue weighted by molar-refractivity contribution is 9.10. The Morgan fingerprint density at radius 2 is 1.83 bits per heavy atom. The zero-order valence-corrected chi connectivity index (χ0v) is 11.7. The van der Waals surface area contributed by atoms with E-state index in [1.807, 2.05) is 32.0 Å². The van der Waals surface area contributed by atoms with E-state index in [2.05, 4.69) is 20.9 Å². The summed E-state index contributed by atoms with van der Waals surface area (Å²) in [4.78, 5) is 3.96. The standard InChI is InChI=1S/C14H11BrN2O/c1-9-5-13(6-10(2)14(9)15)18-12-4-3-11(7-16)17-8-12/h3-6,8H,1-2H3. The molecule has 0 fully saturated rings. The molecule has 90 valence electrons. The third-order valence-corrected chi connectivity index (χ3v) is 3.75. The van der Waals surface area contributed by atoms with E-state index in [9.17, 15) is 0 Å². The van der Waals surface area contributed by atoms with Crippen molar-refractivity contribution >= 4 is 15.9 Å². The van der Waals surface area contributed by atoms with Crippen molar-refractivity contribution in [2.75, 3.05) is 0 Å². The van der Waals surface area contributed by atoms with E-state index < -0.39 is 0 Å². The van der Waals surface area contributed by atoms with Crippen molar-refractivity contribution in [3.63, 3.8) is 0 Å². The van der Waals surface area contributed by atoms with E-state index in [0.717, 1.165) is 21.3 Å². The predicted octanol–water partition coefficient (Wildman–Crippen LogP) is 4.12. The van der Waals surface area contributed by atoms with Crippen LogP contribution in [0.4, 0.5) is 0 Å². The SMILES string of the molecule is Cc1cc(Oc2ccc(C#N)nc2)cc(C)c1Br. The Hall–Kier alpha value is -1.86. The molecule has 0 N–H and O–H groups in total. The first-order chi connectivity index (χ1) is 8.60. The molecule has 0 aliphatic heterocycles. The van der Waals surface area contributed by atoms with Gasteiger partial charge in [-0.3, -0.25) is 0 Å². The van der Waals surface area contributed by atoms with Crippen LogP contribution in [0.1, 0.15) is 16.8 Å². The largest absolute Gasteiger partial charge is 0.456 e. The van der Waals surface area contributed by atoms with Gasteiger partial charge in [-0.2, -0.15) is 5.26 Å². The van der Waals surface area contributed by atoms with Crippen molar-refractivity contribution in [1.29, 1.82) is 5.26 Å². The Bertz CT molecular complexity index is 592. The minimum atomic E-state index is 0.380.